The number of aromatic nitrogens is 4. The summed E-state index contributed by atoms with van der Waals surface area (Å²) in [6.45, 7) is 0.290. The predicted octanol–water partition coefficient (Wildman–Crippen LogP) is 2.75. The lowest BCUT2D eigenvalue weighted by Crippen LogP contribution is -2.18. The topological polar surface area (TPSA) is 116 Å². The van der Waals surface area contributed by atoms with Crippen LogP contribution in [0.1, 0.15) is 12.6 Å². The summed E-state index contributed by atoms with van der Waals surface area (Å²) >= 11 is -2.07. The normalized spacial score (nSPS) is 17.9. The summed E-state index contributed by atoms with van der Waals surface area (Å²) in [5, 5.41) is 0. The van der Waals surface area contributed by atoms with Crippen LogP contribution in [0, 0.1) is 5.82 Å². The molecular weight excluding hydrogens is 385 g/mol. The van der Waals surface area contributed by atoms with E-state index in [9.17, 15) is 13.2 Å². The highest BCUT2D eigenvalue weighted by Crippen LogP contribution is 2.34. The van der Waals surface area contributed by atoms with Gasteiger partial charge in [-0.3, -0.25) is 4.57 Å². The van der Waals surface area contributed by atoms with Crippen molar-refractivity contribution < 1.29 is 17.9 Å². The molecule has 2 atom stereocenters. The van der Waals surface area contributed by atoms with Gasteiger partial charge < -0.3 is 15.0 Å². The molecule has 28 heavy (non-hydrogen) atoms. The molecule has 0 fully saturated rings. The van der Waals surface area contributed by atoms with Crippen molar-refractivity contribution in [2.75, 3.05) is 12.3 Å². The van der Waals surface area contributed by atoms with Crippen molar-refractivity contribution in [2.24, 2.45) is 0 Å². The van der Waals surface area contributed by atoms with Gasteiger partial charge >= 0.3 is 0 Å². The van der Waals surface area contributed by atoms with Crippen LogP contribution < -0.4 is 5.73 Å². The molecule has 1 aromatic carbocycles. The molecule has 0 radical (unpaired) electrons. The first-order chi connectivity index (χ1) is 13.5. The van der Waals surface area contributed by atoms with Gasteiger partial charge in [0, 0.05) is 23.1 Å². The van der Waals surface area contributed by atoms with Crippen molar-refractivity contribution >= 4 is 17.0 Å². The Morgan fingerprint density at radius 2 is 2.04 bits per heavy atom. The molecule has 3 aromatic rings. The molecule has 0 amide bonds. The van der Waals surface area contributed by atoms with Gasteiger partial charge in [0.25, 0.3) is 0 Å². The fraction of sp³-hybridized carbons (Fsp3) is 0.167. The van der Waals surface area contributed by atoms with Crippen LogP contribution in [0.15, 0.2) is 53.8 Å². The fourth-order valence-corrected chi connectivity index (χ4v) is 3.50. The van der Waals surface area contributed by atoms with Crippen LogP contribution in [-0.4, -0.2) is 34.9 Å². The Hall–Kier alpha value is -2.95. The molecule has 144 valence electrons. The molecule has 0 bridgehead atoms. The van der Waals surface area contributed by atoms with E-state index in [-0.39, 0.29) is 18.4 Å². The zero-order valence-corrected chi connectivity index (χ0v) is 15.3. The van der Waals surface area contributed by atoms with E-state index in [1.165, 1.54) is 18.3 Å². The second kappa shape index (κ2) is 7.58. The van der Waals surface area contributed by atoms with Gasteiger partial charge in [-0.25, -0.2) is 23.6 Å². The first-order valence-corrected chi connectivity index (χ1v) is 9.48. The summed E-state index contributed by atoms with van der Waals surface area (Å²) in [6, 6.07) is 7.59. The first kappa shape index (κ1) is 18.4. The lowest BCUT2D eigenvalue weighted by molar-refractivity contribution is 0.0319. The third kappa shape index (κ3) is 3.57. The standard InChI is InChI=1S/C18H16FN5O3S/c19-12-3-1-11(2-4-12)16-17(14-5-7-21-18(20)23-14)24(10-22-16)15-9-13(28(25)26)6-8-27-15/h1-5,7,9-10,15H,6,8H2,(H,25,26)(H2,20,21,23). The van der Waals surface area contributed by atoms with Crippen molar-refractivity contribution in [2.45, 2.75) is 12.6 Å². The van der Waals surface area contributed by atoms with Gasteiger partial charge in [0.05, 0.1) is 30.0 Å². The summed E-state index contributed by atoms with van der Waals surface area (Å²) in [5.41, 5.74) is 8.05. The Bertz CT molecular complexity index is 1070. The molecule has 0 aliphatic carbocycles. The number of nitrogen functional groups attached to an aromatic ring is 1. The van der Waals surface area contributed by atoms with Crippen LogP contribution >= 0.6 is 0 Å². The molecule has 3 heterocycles. The van der Waals surface area contributed by atoms with Crippen molar-refractivity contribution in [1.82, 2.24) is 19.5 Å². The lowest BCUT2D eigenvalue weighted by atomic mass is 10.1. The third-order valence-corrected chi connectivity index (χ3v) is 5.08. The van der Waals surface area contributed by atoms with Gasteiger partial charge in [-0.05, 0) is 36.4 Å². The zero-order chi connectivity index (χ0) is 19.7. The number of rotatable bonds is 4. The van der Waals surface area contributed by atoms with Crippen LogP contribution in [0.2, 0.25) is 0 Å². The molecule has 1 aliphatic heterocycles. The summed E-state index contributed by atoms with van der Waals surface area (Å²) < 4.78 is 41.7. The number of imidazole rings is 1. The number of hydrogen-bond donors (Lipinski definition) is 2. The van der Waals surface area contributed by atoms with E-state index < -0.39 is 17.3 Å². The molecule has 10 heteroatoms. The average molecular weight is 401 g/mol. The molecule has 0 spiro atoms. The quantitative estimate of drug-likeness (QED) is 0.646. The van der Waals surface area contributed by atoms with Crippen molar-refractivity contribution in [3.63, 3.8) is 0 Å². The highest BCUT2D eigenvalue weighted by molar-refractivity contribution is 7.83. The van der Waals surface area contributed by atoms with Crippen LogP contribution in [0.4, 0.5) is 10.3 Å². The second-order valence-electron chi connectivity index (χ2n) is 6.05. The summed E-state index contributed by atoms with van der Waals surface area (Å²) in [5.74, 6) is -0.266. The van der Waals surface area contributed by atoms with Gasteiger partial charge in [0.2, 0.25) is 5.95 Å². The highest BCUT2D eigenvalue weighted by Gasteiger charge is 2.25. The Morgan fingerprint density at radius 3 is 2.75 bits per heavy atom. The summed E-state index contributed by atoms with van der Waals surface area (Å²) in [6.07, 6.45) is 4.39. The molecule has 2 aromatic heterocycles. The molecule has 4 rings (SSSR count). The molecule has 3 N–H and O–H groups in total. The molecular formula is C18H16FN5O3S. The van der Waals surface area contributed by atoms with Crippen LogP contribution in [-0.2, 0) is 15.8 Å². The van der Waals surface area contributed by atoms with Crippen molar-refractivity contribution in [3.05, 3.63) is 59.7 Å². The van der Waals surface area contributed by atoms with Gasteiger partial charge in [0.1, 0.15) is 5.82 Å². The average Bonchev–Trinajstić information content (AvgIpc) is 3.14. The minimum atomic E-state index is -2.07. The highest BCUT2D eigenvalue weighted by atomic mass is 32.2. The Morgan fingerprint density at radius 1 is 1.25 bits per heavy atom. The number of nitrogens with two attached hydrogens (primary N) is 1. The Labute approximate surface area is 162 Å². The van der Waals surface area contributed by atoms with Gasteiger partial charge in [-0.15, -0.1) is 0 Å². The predicted molar refractivity (Wildman–Crippen MR) is 102 cm³/mol. The van der Waals surface area contributed by atoms with Crippen LogP contribution in [0.3, 0.4) is 0 Å². The maximum absolute atomic E-state index is 13.4. The Balaban J connectivity index is 1.89. The van der Waals surface area contributed by atoms with E-state index in [1.54, 1.807) is 35.2 Å². The number of halogens is 1. The number of nitrogens with zero attached hydrogens (tertiary/aromatic N) is 4. The number of ether oxygens (including phenoxy) is 1. The van der Waals surface area contributed by atoms with Gasteiger partial charge in [-0.2, -0.15) is 0 Å². The number of anilines is 1. The maximum atomic E-state index is 13.4. The van der Waals surface area contributed by atoms with Crippen LogP contribution in [0.5, 0.6) is 0 Å². The molecule has 0 saturated carbocycles. The minimum absolute atomic E-state index is 0.0903. The molecule has 8 nitrogen and oxygen atoms in total. The largest absolute Gasteiger partial charge is 0.368 e. The van der Waals surface area contributed by atoms with E-state index in [1.807, 2.05) is 0 Å². The minimum Gasteiger partial charge on any atom is -0.368 e. The zero-order valence-electron chi connectivity index (χ0n) is 14.5. The first-order valence-electron chi connectivity index (χ1n) is 8.38. The lowest BCUT2D eigenvalue weighted by Gasteiger charge is -2.23. The van der Waals surface area contributed by atoms with E-state index in [2.05, 4.69) is 15.0 Å². The van der Waals surface area contributed by atoms with E-state index in [0.29, 0.717) is 34.0 Å². The SMILES string of the molecule is Nc1nccc(-c2c(-c3ccc(F)cc3)ncn2C2C=C(S(=O)O)CCO2)n1. The van der Waals surface area contributed by atoms with E-state index in [0.717, 1.165) is 0 Å². The van der Waals surface area contributed by atoms with E-state index >= 15 is 0 Å². The third-order valence-electron chi connectivity index (χ3n) is 4.29. The smallest absolute Gasteiger partial charge is 0.220 e. The number of benzene rings is 1. The Kier molecular flexibility index (Phi) is 4.99. The second-order valence-corrected chi connectivity index (χ2v) is 7.07. The van der Waals surface area contributed by atoms with Gasteiger partial charge in [-0.1, -0.05) is 0 Å². The van der Waals surface area contributed by atoms with Crippen molar-refractivity contribution in [3.8, 4) is 22.6 Å². The molecule has 0 saturated heterocycles. The van der Waals surface area contributed by atoms with Gasteiger partial charge in [0.15, 0.2) is 17.3 Å². The molecule has 2 unspecified atom stereocenters. The number of hydrogen-bond acceptors (Lipinski definition) is 6. The van der Waals surface area contributed by atoms with Crippen molar-refractivity contribution in [1.29, 1.82) is 0 Å². The van der Waals surface area contributed by atoms with E-state index in [4.69, 9.17) is 10.5 Å². The summed E-state index contributed by atoms with van der Waals surface area (Å²) in [7, 11) is 0. The molecule has 1 aliphatic rings. The van der Waals surface area contributed by atoms with Crippen LogP contribution in [0.25, 0.3) is 22.6 Å². The monoisotopic (exact) mass is 401 g/mol. The maximum Gasteiger partial charge on any atom is 0.220 e. The summed E-state index contributed by atoms with van der Waals surface area (Å²) in [4.78, 5) is 13.0. The fourth-order valence-electron chi connectivity index (χ4n) is 3.01.